The average molecular weight is 382 g/mol. The van der Waals surface area contributed by atoms with E-state index in [9.17, 15) is 0 Å². The summed E-state index contributed by atoms with van der Waals surface area (Å²) >= 11 is 0. The molecule has 5 heteroatoms. The number of hydrogen-bond donors (Lipinski definition) is 0. The number of nitrogens with zero attached hydrogens (tertiary/aromatic N) is 4. The molecule has 5 nitrogen and oxygen atoms in total. The number of aryl methyl sites for hydroxylation is 1. The SMILES string of the molecule is Cc1ccccc1-c1ccc(C(Cn2cncn2)=NOCc2ccccc2)cc1. The van der Waals surface area contributed by atoms with Crippen molar-refractivity contribution in [3.05, 3.63) is 108 Å². The number of hydrogen-bond acceptors (Lipinski definition) is 4. The fourth-order valence-electron chi connectivity index (χ4n) is 3.14. The Kier molecular flexibility index (Phi) is 5.76. The molecule has 0 aliphatic heterocycles. The van der Waals surface area contributed by atoms with Crippen molar-refractivity contribution in [2.24, 2.45) is 5.16 Å². The topological polar surface area (TPSA) is 52.3 Å². The average Bonchev–Trinajstić information content (AvgIpc) is 3.28. The van der Waals surface area contributed by atoms with Crippen molar-refractivity contribution in [3.8, 4) is 11.1 Å². The number of aromatic nitrogens is 3. The molecule has 4 rings (SSSR count). The maximum atomic E-state index is 5.65. The molecule has 1 aromatic heterocycles. The minimum Gasteiger partial charge on any atom is -0.391 e. The monoisotopic (exact) mass is 382 g/mol. The van der Waals surface area contributed by atoms with E-state index >= 15 is 0 Å². The van der Waals surface area contributed by atoms with Crippen LogP contribution in [0.4, 0.5) is 0 Å². The fourth-order valence-corrected chi connectivity index (χ4v) is 3.14. The van der Waals surface area contributed by atoms with E-state index in [0.29, 0.717) is 13.2 Å². The van der Waals surface area contributed by atoms with E-state index in [1.807, 2.05) is 30.3 Å². The van der Waals surface area contributed by atoms with Gasteiger partial charge >= 0.3 is 0 Å². The molecule has 0 atom stereocenters. The first-order chi connectivity index (χ1) is 14.3. The lowest BCUT2D eigenvalue weighted by atomic mass is 9.98. The van der Waals surface area contributed by atoms with Crippen LogP contribution >= 0.6 is 0 Å². The van der Waals surface area contributed by atoms with Crippen LogP contribution in [0.25, 0.3) is 11.1 Å². The molecule has 1 heterocycles. The minimum atomic E-state index is 0.420. The molecular weight excluding hydrogens is 360 g/mol. The molecule has 0 radical (unpaired) electrons. The molecule has 0 amide bonds. The number of oxime groups is 1. The summed E-state index contributed by atoms with van der Waals surface area (Å²) < 4.78 is 1.74. The van der Waals surface area contributed by atoms with E-state index in [2.05, 4.69) is 70.7 Å². The van der Waals surface area contributed by atoms with E-state index in [0.717, 1.165) is 16.8 Å². The summed E-state index contributed by atoms with van der Waals surface area (Å²) in [4.78, 5) is 9.66. The molecule has 29 heavy (non-hydrogen) atoms. The van der Waals surface area contributed by atoms with Crippen molar-refractivity contribution in [1.82, 2.24) is 14.8 Å². The Labute approximate surface area is 170 Å². The second-order valence-electron chi connectivity index (χ2n) is 6.78. The van der Waals surface area contributed by atoms with E-state index in [4.69, 9.17) is 4.84 Å². The molecule has 0 aliphatic carbocycles. The van der Waals surface area contributed by atoms with Crippen LogP contribution in [0.2, 0.25) is 0 Å². The molecule has 0 spiro atoms. The maximum Gasteiger partial charge on any atom is 0.142 e. The Balaban J connectivity index is 1.56. The molecule has 0 unspecified atom stereocenters. The number of rotatable bonds is 7. The van der Waals surface area contributed by atoms with E-state index in [1.54, 1.807) is 11.0 Å². The zero-order chi connectivity index (χ0) is 19.9. The lowest BCUT2D eigenvalue weighted by Crippen LogP contribution is -2.13. The van der Waals surface area contributed by atoms with Gasteiger partial charge in [0.05, 0.1) is 6.54 Å². The van der Waals surface area contributed by atoms with Crippen molar-refractivity contribution in [2.75, 3.05) is 0 Å². The van der Waals surface area contributed by atoms with Crippen molar-refractivity contribution in [2.45, 2.75) is 20.1 Å². The highest BCUT2D eigenvalue weighted by atomic mass is 16.6. The van der Waals surface area contributed by atoms with Gasteiger partial charge in [-0.25, -0.2) is 9.67 Å². The van der Waals surface area contributed by atoms with Crippen molar-refractivity contribution >= 4 is 5.71 Å². The van der Waals surface area contributed by atoms with Gasteiger partial charge in [0.25, 0.3) is 0 Å². The predicted octanol–water partition coefficient (Wildman–Crippen LogP) is 4.87. The van der Waals surface area contributed by atoms with Crippen LogP contribution in [0.1, 0.15) is 16.7 Å². The van der Waals surface area contributed by atoms with Crippen molar-refractivity contribution < 1.29 is 4.84 Å². The third-order valence-corrected chi connectivity index (χ3v) is 4.70. The predicted molar refractivity (Wildman–Crippen MR) is 114 cm³/mol. The Hall–Kier alpha value is -3.73. The van der Waals surface area contributed by atoms with Crippen LogP contribution in [-0.4, -0.2) is 20.5 Å². The Morgan fingerprint density at radius 2 is 1.69 bits per heavy atom. The summed E-state index contributed by atoms with van der Waals surface area (Å²) in [6.07, 6.45) is 3.19. The molecule has 0 aliphatic rings. The zero-order valence-electron chi connectivity index (χ0n) is 16.3. The Morgan fingerprint density at radius 3 is 2.41 bits per heavy atom. The summed E-state index contributed by atoms with van der Waals surface area (Å²) in [7, 11) is 0. The lowest BCUT2D eigenvalue weighted by Gasteiger charge is -2.10. The largest absolute Gasteiger partial charge is 0.391 e. The van der Waals surface area contributed by atoms with Gasteiger partial charge in [-0.1, -0.05) is 84.0 Å². The van der Waals surface area contributed by atoms with Crippen LogP contribution in [0.3, 0.4) is 0 Å². The van der Waals surface area contributed by atoms with Crippen molar-refractivity contribution in [1.29, 1.82) is 0 Å². The quantitative estimate of drug-likeness (QED) is 0.338. The molecule has 0 N–H and O–H groups in total. The highest BCUT2D eigenvalue weighted by molar-refractivity contribution is 6.00. The van der Waals surface area contributed by atoms with Gasteiger partial charge in [0.1, 0.15) is 25.0 Å². The van der Waals surface area contributed by atoms with E-state index in [1.165, 1.54) is 23.0 Å². The van der Waals surface area contributed by atoms with E-state index in [-0.39, 0.29) is 0 Å². The Bertz CT molecular complexity index is 1070. The van der Waals surface area contributed by atoms with E-state index < -0.39 is 0 Å². The van der Waals surface area contributed by atoms with Gasteiger partial charge in [0.15, 0.2) is 0 Å². The molecule has 0 saturated heterocycles. The van der Waals surface area contributed by atoms with Crippen LogP contribution in [0.5, 0.6) is 0 Å². The molecular formula is C24H22N4O. The summed E-state index contributed by atoms with van der Waals surface area (Å²) in [5, 5.41) is 8.61. The Morgan fingerprint density at radius 1 is 0.931 bits per heavy atom. The summed E-state index contributed by atoms with van der Waals surface area (Å²) in [6.45, 7) is 3.03. The van der Waals surface area contributed by atoms with Gasteiger partial charge in [-0.2, -0.15) is 5.10 Å². The first-order valence-corrected chi connectivity index (χ1v) is 9.51. The van der Waals surface area contributed by atoms with Crippen LogP contribution in [0, 0.1) is 6.92 Å². The molecule has 3 aromatic carbocycles. The summed E-state index contributed by atoms with van der Waals surface area (Å²) in [5.41, 5.74) is 6.52. The third kappa shape index (κ3) is 4.76. The normalized spacial score (nSPS) is 11.4. The third-order valence-electron chi connectivity index (χ3n) is 4.70. The molecule has 4 aromatic rings. The van der Waals surface area contributed by atoms with Gasteiger partial charge < -0.3 is 4.84 Å². The standard InChI is InChI=1S/C24H22N4O/c1-19-7-5-6-10-23(19)21-11-13-22(14-12-21)24(15-28-18-25-17-26-28)27-29-16-20-8-3-2-4-9-20/h2-14,17-18H,15-16H2,1H3. The summed E-state index contributed by atoms with van der Waals surface area (Å²) in [5.74, 6) is 0. The second kappa shape index (κ2) is 8.97. The van der Waals surface area contributed by atoms with Gasteiger partial charge in [0, 0.05) is 5.56 Å². The van der Waals surface area contributed by atoms with Gasteiger partial charge in [-0.3, -0.25) is 0 Å². The lowest BCUT2D eigenvalue weighted by molar-refractivity contribution is 0.130. The maximum absolute atomic E-state index is 5.65. The second-order valence-corrected chi connectivity index (χ2v) is 6.78. The highest BCUT2D eigenvalue weighted by Crippen LogP contribution is 2.23. The van der Waals surface area contributed by atoms with Crippen LogP contribution < -0.4 is 0 Å². The molecule has 0 bridgehead atoms. The van der Waals surface area contributed by atoms with Gasteiger partial charge in [0.2, 0.25) is 0 Å². The van der Waals surface area contributed by atoms with Gasteiger partial charge in [-0.05, 0) is 29.2 Å². The highest BCUT2D eigenvalue weighted by Gasteiger charge is 2.09. The zero-order valence-corrected chi connectivity index (χ0v) is 16.3. The smallest absolute Gasteiger partial charge is 0.142 e. The fraction of sp³-hybridized carbons (Fsp3) is 0.125. The molecule has 0 saturated carbocycles. The number of benzene rings is 3. The van der Waals surface area contributed by atoms with Crippen LogP contribution in [-0.2, 0) is 18.0 Å². The first kappa shape index (κ1) is 18.6. The van der Waals surface area contributed by atoms with Gasteiger partial charge in [-0.15, -0.1) is 0 Å². The van der Waals surface area contributed by atoms with Crippen molar-refractivity contribution in [3.63, 3.8) is 0 Å². The minimum absolute atomic E-state index is 0.420. The molecule has 144 valence electrons. The first-order valence-electron chi connectivity index (χ1n) is 9.51. The molecule has 0 fully saturated rings. The summed E-state index contributed by atoms with van der Waals surface area (Å²) in [6, 6.07) is 26.8. The van der Waals surface area contributed by atoms with Crippen LogP contribution in [0.15, 0.2) is 96.7 Å².